The summed E-state index contributed by atoms with van der Waals surface area (Å²) in [6.07, 6.45) is 0.279. The highest BCUT2D eigenvalue weighted by atomic mass is 35.5. The molecule has 0 aliphatic carbocycles. The number of hydrogen-bond acceptors (Lipinski definition) is 6. The molecule has 0 radical (unpaired) electrons. The van der Waals surface area contributed by atoms with Crippen LogP contribution in [0.2, 0.25) is 5.02 Å². The lowest BCUT2D eigenvalue weighted by molar-refractivity contribution is -0.733. The number of quaternary nitrogens is 1. The van der Waals surface area contributed by atoms with Gasteiger partial charge in [0.15, 0.2) is 11.5 Å². The number of halogens is 1. The molecular formula is C25H24ClN4O6+. The highest BCUT2D eigenvalue weighted by Crippen LogP contribution is 2.52. The van der Waals surface area contributed by atoms with Crippen LogP contribution < -0.4 is 30.7 Å². The van der Waals surface area contributed by atoms with Crippen molar-refractivity contribution in [2.45, 2.75) is 31.3 Å². The molecular weight excluding hydrogens is 488 g/mol. The number of amides is 4. The summed E-state index contributed by atoms with van der Waals surface area (Å²) >= 11 is 6.31. The number of carbonyl (C=O) groups is 4. The maximum atomic E-state index is 14.0. The van der Waals surface area contributed by atoms with Crippen LogP contribution in [0.15, 0.2) is 30.3 Å². The van der Waals surface area contributed by atoms with Gasteiger partial charge in [0.1, 0.15) is 31.1 Å². The van der Waals surface area contributed by atoms with E-state index in [0.717, 1.165) is 4.90 Å². The Kier molecular flexibility index (Phi) is 5.03. The third-order valence-corrected chi connectivity index (χ3v) is 8.16. The summed E-state index contributed by atoms with van der Waals surface area (Å²) in [6.45, 7) is 2.56. The third-order valence-electron chi connectivity index (χ3n) is 7.75. The average Bonchev–Trinajstić information content (AvgIpc) is 3.44. The number of ether oxygens (including phenoxy) is 2. The van der Waals surface area contributed by atoms with Crippen LogP contribution in [-0.4, -0.2) is 42.9 Å². The molecule has 11 heteroatoms. The zero-order valence-corrected chi connectivity index (χ0v) is 20.1. The van der Waals surface area contributed by atoms with Crippen LogP contribution in [-0.2, 0) is 24.7 Å². The van der Waals surface area contributed by atoms with Gasteiger partial charge in [-0.15, -0.1) is 0 Å². The lowest BCUT2D eigenvalue weighted by Gasteiger charge is -2.27. The van der Waals surface area contributed by atoms with Gasteiger partial charge in [-0.2, -0.15) is 0 Å². The molecule has 6 rings (SSSR count). The fourth-order valence-electron chi connectivity index (χ4n) is 6.15. The molecule has 186 valence electrons. The molecule has 4 heterocycles. The molecule has 2 aromatic carbocycles. The quantitative estimate of drug-likeness (QED) is 0.512. The van der Waals surface area contributed by atoms with Crippen molar-refractivity contribution in [3.63, 3.8) is 0 Å². The van der Waals surface area contributed by atoms with Gasteiger partial charge in [0.25, 0.3) is 5.91 Å². The predicted molar refractivity (Wildman–Crippen MR) is 128 cm³/mol. The Balaban J connectivity index is 1.47. The van der Waals surface area contributed by atoms with Crippen molar-refractivity contribution in [1.82, 2.24) is 0 Å². The molecule has 5 N–H and O–H groups in total. The Hall–Kier alpha value is -3.63. The molecule has 36 heavy (non-hydrogen) atoms. The maximum Gasteiger partial charge on any atom is 0.291 e. The van der Waals surface area contributed by atoms with E-state index in [2.05, 4.69) is 5.32 Å². The molecule has 0 bridgehead atoms. The van der Waals surface area contributed by atoms with Gasteiger partial charge in [-0.25, -0.2) is 4.90 Å². The van der Waals surface area contributed by atoms with E-state index in [1.807, 2.05) is 0 Å². The van der Waals surface area contributed by atoms with Crippen molar-refractivity contribution in [1.29, 1.82) is 0 Å². The molecule has 1 spiro atoms. The Morgan fingerprint density at radius 3 is 2.67 bits per heavy atom. The largest absolute Gasteiger partial charge is 0.486 e. The van der Waals surface area contributed by atoms with Crippen LogP contribution in [0.25, 0.3) is 0 Å². The SMILES string of the molecule is Cc1c(Cl)ccc2c1NC(=O)[C@@]21[NH2+][C@@H](CCC(N)=O)[C@H]2C(=O)N(c3ccc4c(c3)OCCO4)C(=O)[C@H]21. The molecule has 0 saturated carbocycles. The Morgan fingerprint density at radius 2 is 1.92 bits per heavy atom. The van der Waals surface area contributed by atoms with E-state index in [1.54, 1.807) is 42.6 Å². The average molecular weight is 512 g/mol. The van der Waals surface area contributed by atoms with E-state index in [1.165, 1.54) is 0 Å². The second kappa shape index (κ2) is 7.94. The number of imide groups is 1. The van der Waals surface area contributed by atoms with Gasteiger partial charge in [-0.05, 0) is 36.8 Å². The minimum atomic E-state index is -1.37. The smallest absolute Gasteiger partial charge is 0.291 e. The molecule has 10 nitrogen and oxygen atoms in total. The fourth-order valence-corrected chi connectivity index (χ4v) is 6.31. The zero-order chi connectivity index (χ0) is 25.4. The molecule has 4 aliphatic heterocycles. The number of carbonyl (C=O) groups excluding carboxylic acids is 4. The van der Waals surface area contributed by atoms with Crippen LogP contribution in [0.5, 0.6) is 11.5 Å². The molecule has 0 aromatic heterocycles. The number of fused-ring (bicyclic) bond motifs is 5. The van der Waals surface area contributed by atoms with Gasteiger partial charge >= 0.3 is 0 Å². The lowest BCUT2D eigenvalue weighted by atomic mass is 9.76. The van der Waals surface area contributed by atoms with E-state index in [-0.39, 0.29) is 18.7 Å². The van der Waals surface area contributed by atoms with Gasteiger partial charge in [0.05, 0.1) is 11.4 Å². The summed E-state index contributed by atoms with van der Waals surface area (Å²) < 4.78 is 11.2. The summed E-state index contributed by atoms with van der Waals surface area (Å²) in [7, 11) is 0. The third kappa shape index (κ3) is 3.00. The molecule has 4 amide bonds. The first-order chi connectivity index (χ1) is 17.2. The summed E-state index contributed by atoms with van der Waals surface area (Å²) in [5.74, 6) is -2.62. The Labute approximate surface area is 211 Å². The minimum absolute atomic E-state index is 0.0279. The number of benzene rings is 2. The van der Waals surface area contributed by atoms with E-state index in [9.17, 15) is 19.2 Å². The van der Waals surface area contributed by atoms with Crippen molar-refractivity contribution in [3.8, 4) is 11.5 Å². The number of anilines is 2. The van der Waals surface area contributed by atoms with Crippen LogP contribution >= 0.6 is 11.6 Å². The van der Waals surface area contributed by atoms with Crippen LogP contribution in [0.3, 0.4) is 0 Å². The van der Waals surface area contributed by atoms with Gasteiger partial charge in [-0.1, -0.05) is 11.6 Å². The first kappa shape index (κ1) is 22.8. The van der Waals surface area contributed by atoms with E-state index < -0.39 is 41.1 Å². The second-order valence-electron chi connectivity index (χ2n) is 9.60. The predicted octanol–water partition coefficient (Wildman–Crippen LogP) is 0.584. The minimum Gasteiger partial charge on any atom is -0.486 e. The van der Waals surface area contributed by atoms with Crippen molar-refractivity contribution in [2.24, 2.45) is 17.6 Å². The number of nitrogens with zero attached hydrogens (tertiary/aromatic N) is 1. The van der Waals surface area contributed by atoms with Crippen molar-refractivity contribution in [2.75, 3.05) is 23.4 Å². The number of hydrogen-bond donors (Lipinski definition) is 3. The first-order valence-electron chi connectivity index (χ1n) is 11.8. The number of primary amides is 1. The normalized spacial score (nSPS) is 27.9. The first-order valence-corrected chi connectivity index (χ1v) is 12.1. The topological polar surface area (TPSA) is 145 Å². The zero-order valence-electron chi connectivity index (χ0n) is 19.4. The molecule has 4 aliphatic rings. The molecule has 0 unspecified atom stereocenters. The summed E-state index contributed by atoms with van der Waals surface area (Å²) in [5.41, 5.74) is 6.23. The highest BCUT2D eigenvalue weighted by molar-refractivity contribution is 6.32. The fraction of sp³-hybridized carbons (Fsp3) is 0.360. The highest BCUT2D eigenvalue weighted by Gasteiger charge is 2.74. The van der Waals surface area contributed by atoms with Crippen molar-refractivity contribution >= 4 is 46.6 Å². The number of rotatable bonds is 4. The van der Waals surface area contributed by atoms with Crippen LogP contribution in [0.1, 0.15) is 24.0 Å². The molecule has 2 aromatic rings. The number of nitrogens with one attached hydrogen (secondary N) is 1. The van der Waals surface area contributed by atoms with E-state index in [0.29, 0.717) is 52.2 Å². The maximum absolute atomic E-state index is 14.0. The van der Waals surface area contributed by atoms with Crippen molar-refractivity contribution < 1.29 is 34.0 Å². The lowest BCUT2D eigenvalue weighted by Crippen LogP contribution is -2.99. The van der Waals surface area contributed by atoms with E-state index >= 15 is 0 Å². The second-order valence-corrected chi connectivity index (χ2v) is 10.0. The Morgan fingerprint density at radius 1 is 1.17 bits per heavy atom. The van der Waals surface area contributed by atoms with Gasteiger partial charge in [-0.3, -0.25) is 19.2 Å². The Bertz CT molecular complexity index is 1360. The van der Waals surface area contributed by atoms with Crippen molar-refractivity contribution in [3.05, 3.63) is 46.5 Å². The monoisotopic (exact) mass is 511 g/mol. The van der Waals surface area contributed by atoms with Gasteiger partial charge in [0.2, 0.25) is 23.3 Å². The molecule has 2 fully saturated rings. The molecule has 4 atom stereocenters. The van der Waals surface area contributed by atoms with Crippen LogP contribution in [0, 0.1) is 18.8 Å². The van der Waals surface area contributed by atoms with Crippen LogP contribution in [0.4, 0.5) is 11.4 Å². The summed E-state index contributed by atoms with van der Waals surface area (Å²) in [4.78, 5) is 54.2. The van der Waals surface area contributed by atoms with Gasteiger partial charge in [0, 0.05) is 29.5 Å². The summed E-state index contributed by atoms with van der Waals surface area (Å²) in [6, 6.07) is 7.81. The summed E-state index contributed by atoms with van der Waals surface area (Å²) in [5, 5.41) is 5.16. The van der Waals surface area contributed by atoms with Gasteiger partial charge < -0.3 is 25.8 Å². The van der Waals surface area contributed by atoms with E-state index in [4.69, 9.17) is 26.8 Å². The standard InChI is InChI=1S/C25H23ClN4O6/c1-11-14(26)4-3-13-21(11)28-24(34)25(13)20-19(15(29-25)5-7-18(27)31)22(32)30(23(20)33)12-2-6-16-17(10-12)36-9-8-35-16/h2-4,6,10,15,19-20,29H,5,7-9H2,1H3,(H2,27,31)(H,28,34)/p+1/t15-,19+,20-,25+/m0/s1. The molecule has 2 saturated heterocycles. The number of nitrogens with two attached hydrogens (primary N) is 2.